The highest BCUT2D eigenvalue weighted by atomic mass is 79.9. The maximum Gasteiger partial charge on any atom is 0.316 e. The monoisotopic (exact) mass is 234 g/mol. The number of hydrogen-bond donors (Lipinski definition) is 1. The van der Waals surface area contributed by atoms with Crippen molar-refractivity contribution in [1.29, 1.82) is 0 Å². The van der Waals surface area contributed by atoms with E-state index < -0.39 is 17.2 Å². The molecule has 66 valence electrons. The van der Waals surface area contributed by atoms with E-state index in [0.29, 0.717) is 4.48 Å². The Balaban J connectivity index is 3.01. The molecule has 0 saturated carbocycles. The smallest absolute Gasteiger partial charge is 0.316 e. The van der Waals surface area contributed by atoms with Gasteiger partial charge in [-0.2, -0.15) is 0 Å². The van der Waals surface area contributed by atoms with E-state index in [4.69, 9.17) is 5.11 Å². The van der Waals surface area contributed by atoms with Gasteiger partial charge in [-0.15, -0.1) is 0 Å². The second kappa shape index (κ2) is 3.01. The molecule has 12 heavy (non-hydrogen) atoms. The quantitative estimate of drug-likeness (QED) is 0.758. The molecule has 1 atom stereocenters. The van der Waals surface area contributed by atoms with Crippen molar-refractivity contribution in [1.82, 2.24) is 0 Å². The molecule has 1 unspecified atom stereocenters. The van der Waals surface area contributed by atoms with Crippen LogP contribution in [-0.2, 0) is 4.79 Å². The summed E-state index contributed by atoms with van der Waals surface area (Å²) in [7, 11) is 0. The van der Waals surface area contributed by atoms with Crippen LogP contribution in [-0.4, -0.2) is 11.1 Å². The molecule has 1 aliphatic rings. The van der Waals surface area contributed by atoms with Gasteiger partial charge in [0.05, 0.1) is 0 Å². The molecule has 0 aromatic rings. The zero-order chi connectivity index (χ0) is 9.35. The summed E-state index contributed by atoms with van der Waals surface area (Å²) in [4.78, 5) is 10.7. The summed E-state index contributed by atoms with van der Waals surface area (Å²) in [6.45, 7) is 1.37. The van der Waals surface area contributed by atoms with Gasteiger partial charge in [0.15, 0.2) is 0 Å². The van der Waals surface area contributed by atoms with Gasteiger partial charge in [-0.3, -0.25) is 4.79 Å². The minimum absolute atomic E-state index is 0.186. The lowest BCUT2D eigenvalue weighted by atomic mass is 9.83. The van der Waals surface area contributed by atoms with E-state index in [9.17, 15) is 9.18 Å². The van der Waals surface area contributed by atoms with Gasteiger partial charge in [-0.25, -0.2) is 4.39 Å². The third-order valence-electron chi connectivity index (χ3n) is 1.97. The molecule has 0 fully saturated rings. The van der Waals surface area contributed by atoms with Crippen molar-refractivity contribution in [3.05, 3.63) is 22.5 Å². The Labute approximate surface area is 77.9 Å². The van der Waals surface area contributed by atoms with Gasteiger partial charge in [-0.1, -0.05) is 22.0 Å². The summed E-state index contributed by atoms with van der Waals surface area (Å²) >= 11 is 3.08. The van der Waals surface area contributed by atoms with Crippen LogP contribution in [0.15, 0.2) is 22.5 Å². The van der Waals surface area contributed by atoms with Crippen molar-refractivity contribution in [2.45, 2.75) is 13.3 Å². The molecule has 1 rings (SSSR count). The summed E-state index contributed by atoms with van der Waals surface area (Å²) < 4.78 is 13.7. The molecule has 0 aromatic carbocycles. The predicted molar refractivity (Wildman–Crippen MR) is 46.6 cm³/mol. The first-order valence-electron chi connectivity index (χ1n) is 3.43. The Bertz CT molecular complexity index is 283. The molecule has 0 aliphatic heterocycles. The maximum absolute atomic E-state index is 13.1. The molecule has 1 aliphatic carbocycles. The van der Waals surface area contributed by atoms with Crippen molar-refractivity contribution in [2.24, 2.45) is 5.41 Å². The molecule has 0 radical (unpaired) electrons. The lowest BCUT2D eigenvalue weighted by Gasteiger charge is -2.24. The second-order valence-corrected chi connectivity index (χ2v) is 3.84. The van der Waals surface area contributed by atoms with E-state index in [2.05, 4.69) is 15.9 Å². The minimum atomic E-state index is -1.38. The number of carboxylic acid groups (broad SMARTS) is 1. The highest BCUT2D eigenvalue weighted by Crippen LogP contribution is 2.38. The number of halogens is 2. The Morgan fingerprint density at radius 1 is 1.83 bits per heavy atom. The summed E-state index contributed by atoms with van der Waals surface area (Å²) in [5.41, 5.74) is -1.38. The van der Waals surface area contributed by atoms with Crippen molar-refractivity contribution in [3.8, 4) is 0 Å². The van der Waals surface area contributed by atoms with E-state index in [0.717, 1.165) is 0 Å². The van der Waals surface area contributed by atoms with E-state index in [1.807, 2.05) is 0 Å². The van der Waals surface area contributed by atoms with Crippen LogP contribution in [0.1, 0.15) is 13.3 Å². The highest BCUT2D eigenvalue weighted by Gasteiger charge is 2.38. The number of allylic oxidation sites excluding steroid dienone is 3. The molecule has 0 bridgehead atoms. The maximum atomic E-state index is 13.1. The molecule has 0 aromatic heterocycles. The van der Waals surface area contributed by atoms with Crippen LogP contribution in [0.5, 0.6) is 0 Å². The SMILES string of the molecule is CC1(C(=O)O)CC=C(Br)C=C1F. The van der Waals surface area contributed by atoms with E-state index >= 15 is 0 Å². The van der Waals surface area contributed by atoms with Crippen LogP contribution in [0.4, 0.5) is 4.39 Å². The summed E-state index contributed by atoms with van der Waals surface area (Å²) in [5.74, 6) is -1.74. The van der Waals surface area contributed by atoms with Gasteiger partial charge >= 0.3 is 5.97 Å². The molecule has 0 heterocycles. The van der Waals surface area contributed by atoms with Crippen molar-refractivity contribution in [3.63, 3.8) is 0 Å². The van der Waals surface area contributed by atoms with Crippen molar-refractivity contribution < 1.29 is 14.3 Å². The van der Waals surface area contributed by atoms with E-state index in [1.165, 1.54) is 13.0 Å². The van der Waals surface area contributed by atoms with E-state index in [1.54, 1.807) is 6.08 Å². The molecule has 4 heteroatoms. The first-order valence-corrected chi connectivity index (χ1v) is 4.23. The van der Waals surface area contributed by atoms with Crippen LogP contribution in [0.2, 0.25) is 0 Å². The van der Waals surface area contributed by atoms with Crippen LogP contribution < -0.4 is 0 Å². The molecular formula is C8H8BrFO2. The summed E-state index contributed by atoms with van der Waals surface area (Å²) in [6.07, 6.45) is 3.03. The standard InChI is InChI=1S/C8H8BrFO2/c1-8(7(11)12)3-2-5(9)4-6(8)10/h2,4H,3H2,1H3,(H,11,12). The molecule has 0 spiro atoms. The van der Waals surface area contributed by atoms with Gasteiger partial charge in [0.1, 0.15) is 11.2 Å². The molecule has 0 saturated heterocycles. The molecule has 0 amide bonds. The third-order valence-corrected chi connectivity index (χ3v) is 2.52. The number of carbonyl (C=O) groups is 1. The number of carboxylic acids is 1. The van der Waals surface area contributed by atoms with Gasteiger partial charge in [-0.05, 0) is 19.4 Å². The average Bonchev–Trinajstić information content (AvgIpc) is 1.97. The Morgan fingerprint density at radius 3 is 2.83 bits per heavy atom. The largest absolute Gasteiger partial charge is 0.481 e. The zero-order valence-electron chi connectivity index (χ0n) is 6.47. The van der Waals surface area contributed by atoms with Gasteiger partial charge in [0, 0.05) is 4.48 Å². The molecular weight excluding hydrogens is 227 g/mol. The topological polar surface area (TPSA) is 37.3 Å². The highest BCUT2D eigenvalue weighted by molar-refractivity contribution is 9.11. The average molecular weight is 235 g/mol. The van der Waals surface area contributed by atoms with Crippen molar-refractivity contribution >= 4 is 21.9 Å². The van der Waals surface area contributed by atoms with E-state index in [-0.39, 0.29) is 6.42 Å². The van der Waals surface area contributed by atoms with Crippen LogP contribution >= 0.6 is 15.9 Å². The van der Waals surface area contributed by atoms with Gasteiger partial charge in [0.2, 0.25) is 0 Å². The lowest BCUT2D eigenvalue weighted by molar-refractivity contribution is -0.146. The fourth-order valence-electron chi connectivity index (χ4n) is 0.928. The third kappa shape index (κ3) is 1.43. The number of rotatable bonds is 1. The van der Waals surface area contributed by atoms with Crippen molar-refractivity contribution in [2.75, 3.05) is 0 Å². The van der Waals surface area contributed by atoms with Crippen LogP contribution in [0.25, 0.3) is 0 Å². The fourth-order valence-corrected chi connectivity index (χ4v) is 1.29. The number of hydrogen-bond acceptors (Lipinski definition) is 1. The number of aliphatic carboxylic acids is 1. The minimum Gasteiger partial charge on any atom is -0.481 e. The first-order chi connectivity index (χ1) is 5.47. The Morgan fingerprint density at radius 2 is 2.42 bits per heavy atom. The molecule has 2 nitrogen and oxygen atoms in total. The second-order valence-electron chi connectivity index (χ2n) is 2.92. The zero-order valence-corrected chi connectivity index (χ0v) is 8.06. The Hall–Kier alpha value is -0.640. The van der Waals surface area contributed by atoms with Gasteiger partial charge in [0.25, 0.3) is 0 Å². The summed E-state index contributed by atoms with van der Waals surface area (Å²) in [6, 6.07) is 0. The summed E-state index contributed by atoms with van der Waals surface area (Å²) in [5, 5.41) is 8.73. The van der Waals surface area contributed by atoms with Crippen LogP contribution in [0.3, 0.4) is 0 Å². The fraction of sp³-hybridized carbons (Fsp3) is 0.375. The first kappa shape index (κ1) is 9.45. The lowest BCUT2D eigenvalue weighted by Crippen LogP contribution is -2.29. The molecule has 1 N–H and O–H groups in total. The predicted octanol–water partition coefficient (Wildman–Crippen LogP) is 2.61. The normalized spacial score (nSPS) is 29.2. The Kier molecular flexibility index (Phi) is 2.37. The van der Waals surface area contributed by atoms with Gasteiger partial charge < -0.3 is 5.11 Å². The van der Waals surface area contributed by atoms with Crippen LogP contribution in [0, 0.1) is 5.41 Å².